The predicted molar refractivity (Wildman–Crippen MR) is 73.9 cm³/mol. The number of nitrogens with two attached hydrogens (primary N) is 2. The first-order valence-electron chi connectivity index (χ1n) is 5.61. The van der Waals surface area contributed by atoms with Crippen LogP contribution in [0.1, 0.15) is 17.2 Å². The van der Waals surface area contributed by atoms with Crippen molar-refractivity contribution >= 4 is 17.4 Å². The molecule has 1 aromatic heterocycles. The fraction of sp³-hybridized carbons (Fsp3) is 0.154. The maximum Gasteiger partial charge on any atom is 0.123 e. The Morgan fingerprint density at radius 1 is 1.28 bits per heavy atom. The van der Waals surface area contributed by atoms with Crippen molar-refractivity contribution < 1.29 is 0 Å². The number of nitrogen functional groups attached to an aromatic ring is 1. The van der Waals surface area contributed by atoms with Gasteiger partial charge in [-0.1, -0.05) is 23.7 Å². The van der Waals surface area contributed by atoms with Crippen LogP contribution in [-0.2, 0) is 6.42 Å². The molecule has 5 N–H and O–H groups in total. The number of hydrazine groups is 1. The number of nitrogens with one attached hydrogen (secondary N) is 1. The fourth-order valence-corrected chi connectivity index (χ4v) is 2.05. The number of benzene rings is 1. The van der Waals surface area contributed by atoms with Gasteiger partial charge in [-0.15, -0.1) is 0 Å². The molecule has 0 bridgehead atoms. The van der Waals surface area contributed by atoms with E-state index in [-0.39, 0.29) is 6.04 Å². The molecule has 0 radical (unpaired) electrons. The lowest BCUT2D eigenvalue weighted by Gasteiger charge is -2.16. The van der Waals surface area contributed by atoms with Crippen molar-refractivity contribution in [3.63, 3.8) is 0 Å². The Balaban J connectivity index is 2.19. The molecule has 0 aliphatic carbocycles. The molecule has 1 heterocycles. The van der Waals surface area contributed by atoms with Gasteiger partial charge in [0.25, 0.3) is 0 Å². The smallest absolute Gasteiger partial charge is 0.123 e. The molecule has 2 rings (SSSR count). The molecule has 5 heteroatoms. The lowest BCUT2D eigenvalue weighted by atomic mass is 10.00. The first kappa shape index (κ1) is 12.8. The van der Waals surface area contributed by atoms with E-state index in [1.807, 2.05) is 36.4 Å². The summed E-state index contributed by atoms with van der Waals surface area (Å²) in [6, 6.07) is 11.4. The van der Waals surface area contributed by atoms with Crippen molar-refractivity contribution in [3.8, 4) is 0 Å². The number of nitrogens with zero attached hydrogens (tertiary/aromatic N) is 1. The SMILES string of the molecule is NNC(Cc1ccnc(N)c1)c1cccc(Cl)c1. The van der Waals surface area contributed by atoms with E-state index in [9.17, 15) is 0 Å². The first-order valence-corrected chi connectivity index (χ1v) is 5.99. The van der Waals surface area contributed by atoms with E-state index in [0.29, 0.717) is 10.8 Å². The molecule has 0 saturated heterocycles. The average molecular weight is 263 g/mol. The third-order valence-corrected chi connectivity index (χ3v) is 2.97. The molecule has 0 aliphatic heterocycles. The molecule has 0 fully saturated rings. The molecule has 0 spiro atoms. The molecular weight excluding hydrogens is 248 g/mol. The molecule has 1 unspecified atom stereocenters. The Labute approximate surface area is 111 Å². The van der Waals surface area contributed by atoms with Gasteiger partial charge < -0.3 is 5.73 Å². The van der Waals surface area contributed by atoms with Gasteiger partial charge in [-0.3, -0.25) is 11.3 Å². The summed E-state index contributed by atoms with van der Waals surface area (Å²) in [5, 5.41) is 0.696. The number of pyridine rings is 1. The second kappa shape index (κ2) is 5.82. The zero-order chi connectivity index (χ0) is 13.0. The van der Waals surface area contributed by atoms with Crippen LogP contribution in [0, 0.1) is 0 Å². The van der Waals surface area contributed by atoms with Crippen molar-refractivity contribution in [1.29, 1.82) is 0 Å². The van der Waals surface area contributed by atoms with Gasteiger partial charge in [0.15, 0.2) is 0 Å². The van der Waals surface area contributed by atoms with E-state index in [1.54, 1.807) is 6.20 Å². The Morgan fingerprint density at radius 3 is 2.78 bits per heavy atom. The topological polar surface area (TPSA) is 77.0 Å². The molecule has 1 aromatic carbocycles. The molecule has 94 valence electrons. The van der Waals surface area contributed by atoms with Crippen molar-refractivity contribution in [2.45, 2.75) is 12.5 Å². The minimum absolute atomic E-state index is 0.00880. The third-order valence-electron chi connectivity index (χ3n) is 2.74. The minimum Gasteiger partial charge on any atom is -0.384 e. The summed E-state index contributed by atoms with van der Waals surface area (Å²) in [7, 11) is 0. The van der Waals surface area contributed by atoms with E-state index in [4.69, 9.17) is 23.2 Å². The molecule has 1 atom stereocenters. The third kappa shape index (κ3) is 3.20. The Hall–Kier alpha value is -1.62. The van der Waals surface area contributed by atoms with E-state index in [1.165, 1.54) is 0 Å². The van der Waals surface area contributed by atoms with Crippen LogP contribution in [0.2, 0.25) is 5.02 Å². The van der Waals surface area contributed by atoms with Crippen molar-refractivity contribution in [1.82, 2.24) is 10.4 Å². The normalized spacial score (nSPS) is 12.3. The number of rotatable bonds is 4. The second-order valence-electron chi connectivity index (χ2n) is 4.07. The van der Waals surface area contributed by atoms with Crippen molar-refractivity contribution in [3.05, 3.63) is 58.7 Å². The predicted octanol–water partition coefficient (Wildman–Crippen LogP) is 2.06. The van der Waals surface area contributed by atoms with Crippen LogP contribution in [0.25, 0.3) is 0 Å². The van der Waals surface area contributed by atoms with Crippen LogP contribution in [-0.4, -0.2) is 4.98 Å². The molecule has 4 nitrogen and oxygen atoms in total. The summed E-state index contributed by atoms with van der Waals surface area (Å²) in [4.78, 5) is 3.96. The van der Waals surface area contributed by atoms with Crippen LogP contribution < -0.4 is 17.0 Å². The van der Waals surface area contributed by atoms with Crippen LogP contribution in [0.4, 0.5) is 5.82 Å². The summed E-state index contributed by atoms with van der Waals surface area (Å²) in [6.07, 6.45) is 2.42. The summed E-state index contributed by atoms with van der Waals surface area (Å²) >= 11 is 5.98. The first-order chi connectivity index (χ1) is 8.69. The van der Waals surface area contributed by atoms with Gasteiger partial charge in [-0.2, -0.15) is 0 Å². The monoisotopic (exact) mass is 262 g/mol. The number of anilines is 1. The largest absolute Gasteiger partial charge is 0.384 e. The average Bonchev–Trinajstić information content (AvgIpc) is 2.36. The molecule has 0 amide bonds. The Bertz CT molecular complexity index is 530. The summed E-state index contributed by atoms with van der Waals surface area (Å²) < 4.78 is 0. The number of aromatic nitrogens is 1. The van der Waals surface area contributed by atoms with Gasteiger partial charge in [-0.05, 0) is 41.8 Å². The highest BCUT2D eigenvalue weighted by Crippen LogP contribution is 2.21. The van der Waals surface area contributed by atoms with Crippen LogP contribution >= 0.6 is 11.6 Å². The standard InChI is InChI=1S/C13H15ClN4/c14-11-3-1-2-10(8-11)12(18-16)6-9-4-5-17-13(15)7-9/h1-5,7-8,12,18H,6,16H2,(H2,15,17). The summed E-state index contributed by atoms with van der Waals surface area (Å²) in [5.74, 6) is 6.11. The molecule has 18 heavy (non-hydrogen) atoms. The highest BCUT2D eigenvalue weighted by Gasteiger charge is 2.11. The summed E-state index contributed by atoms with van der Waals surface area (Å²) in [6.45, 7) is 0. The highest BCUT2D eigenvalue weighted by atomic mass is 35.5. The van der Waals surface area contributed by atoms with Crippen LogP contribution in [0.3, 0.4) is 0 Å². The number of hydrogen-bond donors (Lipinski definition) is 3. The zero-order valence-corrected chi connectivity index (χ0v) is 10.6. The summed E-state index contributed by atoms with van der Waals surface area (Å²) in [5.41, 5.74) is 10.6. The van der Waals surface area contributed by atoms with Gasteiger partial charge in [0, 0.05) is 11.2 Å². The Kier molecular flexibility index (Phi) is 4.15. The molecular formula is C13H15ClN4. The maximum atomic E-state index is 5.98. The number of halogens is 1. The van der Waals surface area contributed by atoms with Crippen LogP contribution in [0.15, 0.2) is 42.6 Å². The van der Waals surface area contributed by atoms with E-state index < -0.39 is 0 Å². The highest BCUT2D eigenvalue weighted by molar-refractivity contribution is 6.30. The molecule has 0 aliphatic rings. The second-order valence-corrected chi connectivity index (χ2v) is 4.50. The lowest BCUT2D eigenvalue weighted by Crippen LogP contribution is -2.29. The maximum absolute atomic E-state index is 5.98. The van der Waals surface area contributed by atoms with Crippen LogP contribution in [0.5, 0.6) is 0 Å². The van der Waals surface area contributed by atoms with Gasteiger partial charge in [0.1, 0.15) is 5.82 Å². The minimum atomic E-state index is -0.00880. The van der Waals surface area contributed by atoms with Gasteiger partial charge in [0.2, 0.25) is 0 Å². The van der Waals surface area contributed by atoms with Crippen molar-refractivity contribution in [2.24, 2.45) is 5.84 Å². The fourth-order valence-electron chi connectivity index (χ4n) is 1.85. The quantitative estimate of drug-likeness (QED) is 0.582. The van der Waals surface area contributed by atoms with E-state index >= 15 is 0 Å². The Morgan fingerprint density at radius 2 is 2.11 bits per heavy atom. The van der Waals surface area contributed by atoms with E-state index in [2.05, 4.69) is 10.4 Å². The van der Waals surface area contributed by atoms with Gasteiger partial charge in [-0.25, -0.2) is 4.98 Å². The molecule has 0 saturated carbocycles. The van der Waals surface area contributed by atoms with Gasteiger partial charge in [0.05, 0.1) is 6.04 Å². The number of hydrogen-bond acceptors (Lipinski definition) is 4. The van der Waals surface area contributed by atoms with Gasteiger partial charge >= 0.3 is 0 Å². The lowest BCUT2D eigenvalue weighted by molar-refractivity contribution is 0.552. The zero-order valence-electron chi connectivity index (χ0n) is 9.81. The van der Waals surface area contributed by atoms with E-state index in [0.717, 1.165) is 17.5 Å². The molecule has 2 aromatic rings. The van der Waals surface area contributed by atoms with Crippen molar-refractivity contribution in [2.75, 3.05) is 5.73 Å².